The molecule has 1 atom stereocenters. The van der Waals surface area contributed by atoms with Crippen molar-refractivity contribution in [3.05, 3.63) is 0 Å². The molecule has 0 aromatic heterocycles. The van der Waals surface area contributed by atoms with E-state index in [9.17, 15) is 4.79 Å². The monoisotopic (exact) mass is 355 g/mol. The molecular weight excluding hydrogens is 333 g/mol. The molecule has 5 heteroatoms. The summed E-state index contributed by atoms with van der Waals surface area (Å²) in [6.07, 6.45) is 0.788. The zero-order valence-electron chi connectivity index (χ0n) is 11.2. The molecule has 0 spiro atoms. The van der Waals surface area contributed by atoms with E-state index < -0.39 is 11.3 Å². The molecule has 0 aromatic rings. The summed E-state index contributed by atoms with van der Waals surface area (Å²) in [4.78, 5) is 13.7. The molecule has 0 aromatic carbocycles. The maximum absolute atomic E-state index is 12.0. The van der Waals surface area contributed by atoms with E-state index in [0.29, 0.717) is 6.54 Å². The van der Waals surface area contributed by atoms with E-state index in [0.717, 1.165) is 10.8 Å². The maximum atomic E-state index is 12.0. The van der Waals surface area contributed by atoms with E-state index in [1.54, 1.807) is 4.90 Å². The minimum atomic E-state index is -0.571. The molecule has 0 aliphatic carbocycles. The van der Waals surface area contributed by atoms with E-state index in [4.69, 9.17) is 9.47 Å². The van der Waals surface area contributed by atoms with Crippen LogP contribution in [-0.2, 0) is 9.47 Å². The van der Waals surface area contributed by atoms with Crippen LogP contribution in [0.2, 0.25) is 0 Å². The van der Waals surface area contributed by atoms with Gasteiger partial charge >= 0.3 is 6.09 Å². The number of hydrogen-bond donors (Lipinski definition) is 0. The highest BCUT2D eigenvalue weighted by atomic mass is 127. The minimum absolute atomic E-state index is 0.120. The normalized spacial score (nSPS) is 23.9. The first-order valence-electron chi connectivity index (χ1n) is 5.90. The first kappa shape index (κ1) is 15.0. The van der Waals surface area contributed by atoms with Gasteiger partial charge in [0.25, 0.3) is 0 Å². The van der Waals surface area contributed by atoms with Crippen molar-refractivity contribution >= 4 is 28.7 Å². The van der Waals surface area contributed by atoms with Crippen LogP contribution in [0.4, 0.5) is 4.79 Å². The molecule has 1 fully saturated rings. The number of halogens is 1. The summed E-state index contributed by atoms with van der Waals surface area (Å²) in [7, 11) is 0. The van der Waals surface area contributed by atoms with E-state index in [1.807, 2.05) is 34.6 Å². The average molecular weight is 355 g/mol. The zero-order valence-corrected chi connectivity index (χ0v) is 13.4. The molecular formula is C12H22INO3. The number of hydrogen-bond acceptors (Lipinski definition) is 3. The molecule has 0 saturated carbocycles. The number of nitrogens with zero attached hydrogens (tertiary/aromatic N) is 1. The second-order valence-corrected chi connectivity index (χ2v) is 6.83. The van der Waals surface area contributed by atoms with Crippen LogP contribution in [-0.4, -0.2) is 39.4 Å². The second-order valence-electron chi connectivity index (χ2n) is 5.76. The van der Waals surface area contributed by atoms with Gasteiger partial charge in [-0.25, -0.2) is 4.79 Å². The summed E-state index contributed by atoms with van der Waals surface area (Å²) >= 11 is 2.32. The Bertz CT molecular complexity index is 286. The van der Waals surface area contributed by atoms with Crippen molar-refractivity contribution in [2.24, 2.45) is 0 Å². The Morgan fingerprint density at radius 3 is 2.59 bits per heavy atom. The van der Waals surface area contributed by atoms with E-state index in [-0.39, 0.29) is 12.2 Å². The Labute approximate surface area is 117 Å². The van der Waals surface area contributed by atoms with Crippen LogP contribution in [0.25, 0.3) is 0 Å². The summed E-state index contributed by atoms with van der Waals surface area (Å²) in [6, 6.07) is 0. The fourth-order valence-electron chi connectivity index (χ4n) is 1.82. The molecule has 17 heavy (non-hydrogen) atoms. The Hall–Kier alpha value is -0.0400. The smallest absolute Gasteiger partial charge is 0.412 e. The summed E-state index contributed by atoms with van der Waals surface area (Å²) in [5.74, 6) is 0. The summed E-state index contributed by atoms with van der Waals surface area (Å²) in [5.41, 5.74) is -1.03. The Morgan fingerprint density at radius 1 is 1.53 bits per heavy atom. The molecule has 100 valence electrons. The molecule has 0 unspecified atom stereocenters. The molecule has 0 radical (unpaired) electrons. The van der Waals surface area contributed by atoms with E-state index >= 15 is 0 Å². The van der Waals surface area contributed by atoms with Crippen molar-refractivity contribution in [2.75, 3.05) is 11.0 Å². The van der Waals surface area contributed by atoms with Gasteiger partial charge in [0, 0.05) is 4.43 Å². The lowest BCUT2D eigenvalue weighted by Gasteiger charge is -2.31. The summed E-state index contributed by atoms with van der Waals surface area (Å²) in [6.45, 7) is 10.0. The predicted molar refractivity (Wildman–Crippen MR) is 75.4 cm³/mol. The number of alkyl halides is 1. The first-order chi connectivity index (χ1) is 7.65. The van der Waals surface area contributed by atoms with Crippen LogP contribution in [0, 0.1) is 0 Å². The van der Waals surface area contributed by atoms with Gasteiger partial charge in [-0.3, -0.25) is 4.90 Å². The summed E-state index contributed by atoms with van der Waals surface area (Å²) < 4.78 is 12.3. The molecule has 1 heterocycles. The number of ether oxygens (including phenoxy) is 2. The molecule has 1 aliphatic rings. The predicted octanol–water partition coefficient (Wildman–Crippen LogP) is 3.18. The van der Waals surface area contributed by atoms with Crippen LogP contribution in [0.15, 0.2) is 0 Å². The largest absolute Gasteiger partial charge is 0.444 e. The lowest BCUT2D eigenvalue weighted by Crippen LogP contribution is -2.46. The number of rotatable bonds is 2. The van der Waals surface area contributed by atoms with Gasteiger partial charge in [0.15, 0.2) is 0 Å². The summed E-state index contributed by atoms with van der Waals surface area (Å²) in [5, 5.41) is 0. The van der Waals surface area contributed by atoms with Gasteiger partial charge in [-0.1, -0.05) is 22.6 Å². The number of carbonyl (C=O) groups is 1. The molecule has 1 amide bonds. The Kier molecular flexibility index (Phi) is 4.68. The standard InChI is InChI=1S/C12H22INO3/c1-11(2,3)17-10(15)14-8-9(6-7-13)16-12(14,4)5/h9H,6-8H2,1-5H3/t9-/m1/s1. The minimum Gasteiger partial charge on any atom is -0.444 e. The highest BCUT2D eigenvalue weighted by molar-refractivity contribution is 14.1. The van der Waals surface area contributed by atoms with Crippen LogP contribution >= 0.6 is 22.6 Å². The lowest BCUT2D eigenvalue weighted by atomic mass is 10.2. The van der Waals surface area contributed by atoms with Gasteiger partial charge in [0.05, 0.1) is 12.6 Å². The third-order valence-corrected chi connectivity index (χ3v) is 3.16. The number of carbonyl (C=O) groups excluding carboxylic acids is 1. The van der Waals surface area contributed by atoms with Crippen molar-refractivity contribution in [2.45, 2.75) is 58.5 Å². The third-order valence-electron chi connectivity index (χ3n) is 2.54. The SMILES string of the molecule is CC(C)(C)OC(=O)N1C[C@@H](CCI)OC1(C)C. The molecule has 0 bridgehead atoms. The maximum Gasteiger partial charge on any atom is 0.412 e. The average Bonchev–Trinajstić information content (AvgIpc) is 2.38. The fraction of sp³-hybridized carbons (Fsp3) is 0.917. The van der Waals surface area contributed by atoms with Crippen LogP contribution in [0.3, 0.4) is 0 Å². The van der Waals surface area contributed by atoms with E-state index in [2.05, 4.69) is 22.6 Å². The number of amides is 1. The van der Waals surface area contributed by atoms with Crippen LogP contribution in [0.5, 0.6) is 0 Å². The van der Waals surface area contributed by atoms with Crippen molar-refractivity contribution in [1.82, 2.24) is 4.90 Å². The topological polar surface area (TPSA) is 38.8 Å². The zero-order chi connectivity index (χ0) is 13.3. The molecule has 1 saturated heterocycles. The molecule has 0 N–H and O–H groups in total. The second kappa shape index (κ2) is 5.30. The van der Waals surface area contributed by atoms with Gasteiger partial charge in [0.1, 0.15) is 11.3 Å². The first-order valence-corrected chi connectivity index (χ1v) is 7.42. The van der Waals surface area contributed by atoms with E-state index in [1.165, 1.54) is 0 Å². The molecule has 1 aliphatic heterocycles. The van der Waals surface area contributed by atoms with Gasteiger partial charge in [0.2, 0.25) is 0 Å². The van der Waals surface area contributed by atoms with Gasteiger partial charge < -0.3 is 9.47 Å². The van der Waals surface area contributed by atoms with Crippen molar-refractivity contribution in [1.29, 1.82) is 0 Å². The Morgan fingerprint density at radius 2 is 2.12 bits per heavy atom. The molecule has 1 rings (SSSR count). The molecule has 4 nitrogen and oxygen atoms in total. The quantitative estimate of drug-likeness (QED) is 0.564. The van der Waals surface area contributed by atoms with Crippen LogP contribution < -0.4 is 0 Å². The van der Waals surface area contributed by atoms with Crippen molar-refractivity contribution < 1.29 is 14.3 Å². The fourth-order valence-corrected chi connectivity index (χ4v) is 2.51. The van der Waals surface area contributed by atoms with Gasteiger partial charge in [-0.2, -0.15) is 0 Å². The van der Waals surface area contributed by atoms with Crippen molar-refractivity contribution in [3.63, 3.8) is 0 Å². The highest BCUT2D eigenvalue weighted by Crippen LogP contribution is 2.30. The lowest BCUT2D eigenvalue weighted by molar-refractivity contribution is -0.0781. The Balaban J connectivity index is 2.67. The van der Waals surface area contributed by atoms with Gasteiger partial charge in [-0.05, 0) is 41.0 Å². The van der Waals surface area contributed by atoms with Crippen LogP contribution in [0.1, 0.15) is 41.0 Å². The van der Waals surface area contributed by atoms with Gasteiger partial charge in [-0.15, -0.1) is 0 Å². The highest BCUT2D eigenvalue weighted by Gasteiger charge is 2.43. The third kappa shape index (κ3) is 4.28. The van der Waals surface area contributed by atoms with Crippen molar-refractivity contribution in [3.8, 4) is 0 Å².